The second-order valence-electron chi connectivity index (χ2n) is 9.75. The third-order valence-electron chi connectivity index (χ3n) is 8.98. The van der Waals surface area contributed by atoms with Gasteiger partial charge >= 0.3 is 0 Å². The minimum Gasteiger partial charge on any atom is -0.393 e. The summed E-state index contributed by atoms with van der Waals surface area (Å²) >= 11 is 0. The van der Waals surface area contributed by atoms with Gasteiger partial charge in [0.1, 0.15) is 0 Å². The van der Waals surface area contributed by atoms with Crippen molar-refractivity contribution in [3.8, 4) is 0 Å². The van der Waals surface area contributed by atoms with Crippen molar-refractivity contribution in [2.75, 3.05) is 0 Å². The van der Waals surface area contributed by atoms with Crippen LogP contribution in [-0.4, -0.2) is 33.1 Å². The number of hydrogen-bond donors (Lipinski definition) is 3. The zero-order valence-electron chi connectivity index (χ0n) is 15.5. The van der Waals surface area contributed by atoms with Crippen molar-refractivity contribution in [3.05, 3.63) is 11.6 Å². The maximum Gasteiger partial charge on any atom is 0.0958 e. The topological polar surface area (TPSA) is 60.7 Å². The van der Waals surface area contributed by atoms with Crippen molar-refractivity contribution in [2.45, 2.75) is 89.9 Å². The van der Waals surface area contributed by atoms with Crippen LogP contribution in [0.5, 0.6) is 0 Å². The standard InChI is InChI=1S/C21H34O3/c1-13(22)21(24)11-8-18-16-5-4-14-12-15(23)6-9-19(14,2)17(16)7-10-20(18,21)3/h4,13,15-18,22-24H,5-12H2,1-3H3/t13-,15-,16-,17+,18+,19-,20-,21-/m0/s1. The van der Waals surface area contributed by atoms with Crippen molar-refractivity contribution in [1.29, 1.82) is 0 Å². The molecule has 4 aliphatic rings. The van der Waals surface area contributed by atoms with Gasteiger partial charge in [-0.2, -0.15) is 0 Å². The summed E-state index contributed by atoms with van der Waals surface area (Å²) in [6.07, 6.45) is 9.56. The number of aliphatic hydroxyl groups excluding tert-OH is 2. The van der Waals surface area contributed by atoms with E-state index in [9.17, 15) is 15.3 Å². The average Bonchev–Trinajstić information content (AvgIpc) is 2.81. The molecule has 3 N–H and O–H groups in total. The Morgan fingerprint density at radius 3 is 2.50 bits per heavy atom. The minimum atomic E-state index is -0.920. The third-order valence-corrected chi connectivity index (χ3v) is 8.98. The first-order valence-corrected chi connectivity index (χ1v) is 10.0. The molecule has 3 heteroatoms. The van der Waals surface area contributed by atoms with Gasteiger partial charge in [0, 0.05) is 5.41 Å². The molecular weight excluding hydrogens is 300 g/mol. The average molecular weight is 335 g/mol. The van der Waals surface area contributed by atoms with Crippen LogP contribution in [-0.2, 0) is 0 Å². The second kappa shape index (κ2) is 5.31. The van der Waals surface area contributed by atoms with E-state index in [0.717, 1.165) is 51.4 Å². The molecule has 4 aliphatic carbocycles. The molecule has 0 spiro atoms. The number of aliphatic hydroxyl groups is 3. The molecular formula is C21H34O3. The maximum atomic E-state index is 11.2. The Labute approximate surface area is 146 Å². The van der Waals surface area contributed by atoms with E-state index < -0.39 is 11.7 Å². The lowest BCUT2D eigenvalue weighted by Crippen LogP contribution is -2.58. The fourth-order valence-electron chi connectivity index (χ4n) is 7.38. The summed E-state index contributed by atoms with van der Waals surface area (Å²) in [5, 5.41) is 31.6. The van der Waals surface area contributed by atoms with Crippen LogP contribution in [0.1, 0.15) is 72.1 Å². The summed E-state index contributed by atoms with van der Waals surface area (Å²) in [5.41, 5.74) is 0.665. The van der Waals surface area contributed by atoms with Crippen LogP contribution in [0.15, 0.2) is 11.6 Å². The lowest BCUT2D eigenvalue weighted by atomic mass is 9.46. The largest absolute Gasteiger partial charge is 0.393 e. The SMILES string of the molecule is C[C@H](O)[C@@]1(O)CC[C@@H]2[C@H]3CC=C4C[C@@H](O)CC[C@]4(C)[C@@H]3CC[C@@]21C. The van der Waals surface area contributed by atoms with Gasteiger partial charge in [-0.05, 0) is 81.5 Å². The number of fused-ring (bicyclic) bond motifs is 5. The van der Waals surface area contributed by atoms with E-state index in [-0.39, 0.29) is 16.9 Å². The monoisotopic (exact) mass is 334 g/mol. The minimum absolute atomic E-state index is 0.151. The number of hydrogen-bond acceptors (Lipinski definition) is 3. The Morgan fingerprint density at radius 1 is 1.08 bits per heavy atom. The molecule has 0 saturated heterocycles. The van der Waals surface area contributed by atoms with Crippen molar-refractivity contribution >= 4 is 0 Å². The Hall–Kier alpha value is -0.380. The molecule has 8 atom stereocenters. The molecule has 0 aromatic heterocycles. The molecule has 0 aliphatic heterocycles. The summed E-state index contributed by atoms with van der Waals surface area (Å²) in [4.78, 5) is 0. The van der Waals surface area contributed by atoms with Gasteiger partial charge in [-0.1, -0.05) is 25.5 Å². The molecule has 4 rings (SSSR count). The number of rotatable bonds is 1. The molecule has 3 nitrogen and oxygen atoms in total. The van der Waals surface area contributed by atoms with Crippen LogP contribution in [0.25, 0.3) is 0 Å². The summed E-state index contributed by atoms with van der Waals surface area (Å²) < 4.78 is 0. The molecule has 0 radical (unpaired) electrons. The summed E-state index contributed by atoms with van der Waals surface area (Å²) in [6, 6.07) is 0. The van der Waals surface area contributed by atoms with E-state index >= 15 is 0 Å². The van der Waals surface area contributed by atoms with Gasteiger partial charge in [-0.15, -0.1) is 0 Å². The molecule has 0 heterocycles. The fraction of sp³-hybridized carbons (Fsp3) is 0.905. The lowest BCUT2D eigenvalue weighted by molar-refractivity contribution is -0.170. The molecule has 136 valence electrons. The van der Waals surface area contributed by atoms with Crippen molar-refractivity contribution < 1.29 is 15.3 Å². The smallest absolute Gasteiger partial charge is 0.0958 e. The van der Waals surface area contributed by atoms with Crippen molar-refractivity contribution in [3.63, 3.8) is 0 Å². The van der Waals surface area contributed by atoms with Gasteiger partial charge < -0.3 is 15.3 Å². The van der Waals surface area contributed by atoms with E-state index in [2.05, 4.69) is 19.9 Å². The predicted molar refractivity (Wildman–Crippen MR) is 94.3 cm³/mol. The van der Waals surface area contributed by atoms with Crippen LogP contribution in [0, 0.1) is 28.6 Å². The highest BCUT2D eigenvalue weighted by molar-refractivity contribution is 5.26. The molecule has 0 amide bonds. The first kappa shape index (κ1) is 17.1. The normalized spacial score (nSPS) is 55.2. The van der Waals surface area contributed by atoms with E-state index in [0.29, 0.717) is 17.8 Å². The summed E-state index contributed by atoms with van der Waals surface area (Å²) in [7, 11) is 0. The van der Waals surface area contributed by atoms with Crippen LogP contribution >= 0.6 is 0 Å². The van der Waals surface area contributed by atoms with Crippen molar-refractivity contribution in [1.82, 2.24) is 0 Å². The van der Waals surface area contributed by atoms with Gasteiger partial charge in [0.05, 0.1) is 17.8 Å². The highest BCUT2D eigenvalue weighted by Gasteiger charge is 2.64. The highest BCUT2D eigenvalue weighted by Crippen LogP contribution is 2.67. The van der Waals surface area contributed by atoms with Gasteiger partial charge in [0.15, 0.2) is 0 Å². The van der Waals surface area contributed by atoms with Gasteiger partial charge in [0.2, 0.25) is 0 Å². The Kier molecular flexibility index (Phi) is 3.77. The van der Waals surface area contributed by atoms with Gasteiger partial charge in [0.25, 0.3) is 0 Å². The molecule has 24 heavy (non-hydrogen) atoms. The summed E-state index contributed by atoms with van der Waals surface area (Å²) in [5.74, 6) is 1.82. The van der Waals surface area contributed by atoms with Crippen LogP contribution in [0.3, 0.4) is 0 Å². The van der Waals surface area contributed by atoms with Gasteiger partial charge in [-0.3, -0.25) is 0 Å². The van der Waals surface area contributed by atoms with E-state index in [1.807, 2.05) is 0 Å². The zero-order valence-corrected chi connectivity index (χ0v) is 15.5. The quantitative estimate of drug-likeness (QED) is 0.644. The molecule has 3 fully saturated rings. The van der Waals surface area contributed by atoms with Crippen LogP contribution < -0.4 is 0 Å². The lowest BCUT2D eigenvalue weighted by Gasteiger charge is -2.59. The molecule has 0 unspecified atom stereocenters. The highest BCUT2D eigenvalue weighted by atomic mass is 16.3. The predicted octanol–water partition coefficient (Wildman–Crippen LogP) is 3.42. The fourth-order valence-corrected chi connectivity index (χ4v) is 7.38. The molecule has 0 aromatic rings. The van der Waals surface area contributed by atoms with Crippen molar-refractivity contribution in [2.24, 2.45) is 28.6 Å². The van der Waals surface area contributed by atoms with Crippen LogP contribution in [0.2, 0.25) is 0 Å². The van der Waals surface area contributed by atoms with E-state index in [1.165, 1.54) is 5.57 Å². The zero-order chi connectivity index (χ0) is 17.3. The first-order valence-electron chi connectivity index (χ1n) is 10.0. The molecule has 3 saturated carbocycles. The molecule has 0 bridgehead atoms. The Morgan fingerprint density at radius 2 is 1.79 bits per heavy atom. The summed E-state index contributed by atoms with van der Waals surface area (Å²) in [6.45, 7) is 6.43. The number of allylic oxidation sites excluding steroid dienone is 1. The Bertz CT molecular complexity index is 555. The maximum absolute atomic E-state index is 11.2. The Balaban J connectivity index is 1.68. The molecule has 0 aromatic carbocycles. The van der Waals surface area contributed by atoms with Crippen LogP contribution in [0.4, 0.5) is 0 Å². The van der Waals surface area contributed by atoms with Gasteiger partial charge in [-0.25, -0.2) is 0 Å². The second-order valence-corrected chi connectivity index (χ2v) is 9.75. The first-order chi connectivity index (χ1) is 11.2. The third kappa shape index (κ3) is 2.01. The van der Waals surface area contributed by atoms with E-state index in [1.54, 1.807) is 6.92 Å². The van der Waals surface area contributed by atoms with E-state index in [4.69, 9.17) is 0 Å².